The van der Waals surface area contributed by atoms with Gasteiger partial charge in [0, 0.05) is 4.47 Å². The molecule has 84 valence electrons. The van der Waals surface area contributed by atoms with Gasteiger partial charge >= 0.3 is 0 Å². The van der Waals surface area contributed by atoms with Crippen molar-refractivity contribution in [3.8, 4) is 5.75 Å². The Morgan fingerprint density at radius 1 is 1.12 bits per heavy atom. The number of nitrogens with zero attached hydrogens (tertiary/aromatic N) is 1. The lowest BCUT2D eigenvalue weighted by Gasteiger charge is -2.08. The molecule has 2 nitrogen and oxygen atoms in total. The zero-order valence-corrected chi connectivity index (χ0v) is 10.6. The van der Waals surface area contributed by atoms with Crippen molar-refractivity contribution in [2.45, 2.75) is 6.61 Å². The molecule has 0 saturated carbocycles. The van der Waals surface area contributed by atoms with E-state index < -0.39 is 0 Å². The number of benzene rings is 2. The summed E-state index contributed by atoms with van der Waals surface area (Å²) in [7, 11) is 0. The van der Waals surface area contributed by atoms with Crippen LogP contribution in [0.1, 0.15) is 5.56 Å². The third kappa shape index (κ3) is 3.08. The summed E-state index contributed by atoms with van der Waals surface area (Å²) in [4.78, 5) is 3.36. The largest absolute Gasteiger partial charge is 0.488 e. The first kappa shape index (κ1) is 11.7. The van der Waals surface area contributed by atoms with Crippen molar-refractivity contribution in [2.24, 2.45) is 0 Å². The van der Waals surface area contributed by atoms with E-state index in [-0.39, 0.29) is 0 Å². The summed E-state index contributed by atoms with van der Waals surface area (Å²) >= 11 is 3.39. The van der Waals surface area contributed by atoms with Gasteiger partial charge in [-0.05, 0) is 33.6 Å². The summed E-state index contributed by atoms with van der Waals surface area (Å²) in [6.07, 6.45) is 0. The lowest BCUT2D eigenvalue weighted by Crippen LogP contribution is -1.95. The molecule has 0 radical (unpaired) electrons. The normalized spacial score (nSPS) is 9.65. The minimum Gasteiger partial charge on any atom is -0.488 e. The second-order valence-corrected chi connectivity index (χ2v) is 4.36. The van der Waals surface area contributed by atoms with Gasteiger partial charge in [0.2, 0.25) is 0 Å². The Kier molecular flexibility index (Phi) is 3.79. The van der Waals surface area contributed by atoms with E-state index in [2.05, 4.69) is 20.8 Å². The highest BCUT2D eigenvalue weighted by atomic mass is 79.9. The Bertz CT molecular complexity index is 546. The molecule has 0 spiro atoms. The number of hydrogen-bond acceptors (Lipinski definition) is 1. The zero-order valence-electron chi connectivity index (χ0n) is 9.06. The van der Waals surface area contributed by atoms with Crippen LogP contribution < -0.4 is 4.74 Å². The van der Waals surface area contributed by atoms with Crippen molar-refractivity contribution >= 4 is 21.6 Å². The molecule has 0 amide bonds. The van der Waals surface area contributed by atoms with Gasteiger partial charge in [-0.2, -0.15) is 0 Å². The topological polar surface area (TPSA) is 13.6 Å². The second-order valence-electron chi connectivity index (χ2n) is 3.50. The number of ether oxygens (including phenoxy) is 1. The molecule has 0 fully saturated rings. The molecule has 0 aromatic heterocycles. The highest BCUT2D eigenvalue weighted by Gasteiger charge is 2.02. The predicted molar refractivity (Wildman–Crippen MR) is 71.2 cm³/mol. The number of halogens is 1. The Morgan fingerprint density at radius 2 is 1.88 bits per heavy atom. The number of hydrogen-bond donors (Lipinski definition) is 0. The van der Waals surface area contributed by atoms with Gasteiger partial charge in [0.1, 0.15) is 12.4 Å². The summed E-state index contributed by atoms with van der Waals surface area (Å²) < 4.78 is 6.48. The Hall–Kier alpha value is -1.79. The average Bonchev–Trinajstić information content (AvgIpc) is 2.38. The molecule has 0 heterocycles. The molecule has 2 aromatic carbocycles. The van der Waals surface area contributed by atoms with E-state index in [9.17, 15) is 0 Å². The van der Waals surface area contributed by atoms with Crippen LogP contribution in [0, 0.1) is 6.57 Å². The van der Waals surface area contributed by atoms with E-state index in [1.54, 1.807) is 18.2 Å². The summed E-state index contributed by atoms with van der Waals surface area (Å²) in [6.45, 7) is 7.44. The first-order valence-electron chi connectivity index (χ1n) is 5.13. The molecule has 17 heavy (non-hydrogen) atoms. The minimum absolute atomic E-state index is 0.525. The van der Waals surface area contributed by atoms with Gasteiger partial charge in [0.15, 0.2) is 5.69 Å². The van der Waals surface area contributed by atoms with Crippen LogP contribution in [-0.2, 0) is 6.61 Å². The van der Waals surface area contributed by atoms with Gasteiger partial charge in [-0.3, -0.25) is 0 Å². The van der Waals surface area contributed by atoms with Crippen LogP contribution in [0.3, 0.4) is 0 Å². The summed E-state index contributed by atoms with van der Waals surface area (Å²) in [6, 6.07) is 15.3. The SMILES string of the molecule is [C-]#[N+]c1ccc(OCc2ccccc2)c(Br)c1. The first-order valence-corrected chi connectivity index (χ1v) is 5.92. The van der Waals surface area contributed by atoms with E-state index >= 15 is 0 Å². The summed E-state index contributed by atoms with van der Waals surface area (Å²) in [5.41, 5.74) is 1.72. The lowest BCUT2D eigenvalue weighted by atomic mass is 10.2. The van der Waals surface area contributed by atoms with Gasteiger partial charge in [-0.1, -0.05) is 36.4 Å². The molecule has 0 atom stereocenters. The van der Waals surface area contributed by atoms with Gasteiger partial charge in [-0.25, -0.2) is 4.85 Å². The third-order valence-corrected chi connectivity index (χ3v) is 2.90. The Morgan fingerprint density at radius 3 is 2.53 bits per heavy atom. The van der Waals surface area contributed by atoms with Gasteiger partial charge in [-0.15, -0.1) is 0 Å². The van der Waals surface area contributed by atoms with Gasteiger partial charge < -0.3 is 4.74 Å². The smallest absolute Gasteiger partial charge is 0.188 e. The standard InChI is InChI=1S/C14H10BrNO/c1-16-12-7-8-14(13(15)9-12)17-10-11-5-3-2-4-6-11/h2-9H,10H2. The van der Waals surface area contributed by atoms with E-state index in [1.165, 1.54) is 0 Å². The van der Waals surface area contributed by atoms with E-state index in [4.69, 9.17) is 11.3 Å². The molecule has 0 aliphatic rings. The molecular weight excluding hydrogens is 278 g/mol. The van der Waals surface area contributed by atoms with Crippen LogP contribution in [-0.4, -0.2) is 0 Å². The summed E-state index contributed by atoms with van der Waals surface area (Å²) in [5.74, 6) is 0.751. The molecule has 0 N–H and O–H groups in total. The molecule has 3 heteroatoms. The maximum atomic E-state index is 6.91. The maximum absolute atomic E-state index is 6.91. The van der Waals surface area contributed by atoms with Crippen molar-refractivity contribution in [3.05, 3.63) is 70.0 Å². The molecule has 2 rings (SSSR count). The molecule has 0 aliphatic carbocycles. The van der Waals surface area contributed by atoms with Crippen molar-refractivity contribution in [1.29, 1.82) is 0 Å². The monoisotopic (exact) mass is 287 g/mol. The van der Waals surface area contributed by atoms with Gasteiger partial charge in [0.05, 0.1) is 6.57 Å². The third-order valence-electron chi connectivity index (χ3n) is 2.28. The summed E-state index contributed by atoms with van der Waals surface area (Å²) in [5, 5.41) is 0. The van der Waals surface area contributed by atoms with Crippen molar-refractivity contribution in [1.82, 2.24) is 0 Å². The van der Waals surface area contributed by atoms with Crippen LogP contribution in [0.25, 0.3) is 4.85 Å². The van der Waals surface area contributed by atoms with Crippen molar-refractivity contribution in [2.75, 3.05) is 0 Å². The van der Waals surface area contributed by atoms with Crippen LogP contribution in [0.5, 0.6) is 5.75 Å². The fraction of sp³-hybridized carbons (Fsp3) is 0.0714. The zero-order chi connectivity index (χ0) is 12.1. The number of rotatable bonds is 3. The highest BCUT2D eigenvalue weighted by molar-refractivity contribution is 9.10. The molecule has 0 saturated heterocycles. The lowest BCUT2D eigenvalue weighted by molar-refractivity contribution is 0.304. The highest BCUT2D eigenvalue weighted by Crippen LogP contribution is 2.29. The fourth-order valence-electron chi connectivity index (χ4n) is 1.41. The molecule has 0 bridgehead atoms. The van der Waals surface area contributed by atoms with Crippen molar-refractivity contribution in [3.63, 3.8) is 0 Å². The fourth-order valence-corrected chi connectivity index (χ4v) is 1.89. The van der Waals surface area contributed by atoms with E-state index in [0.717, 1.165) is 15.8 Å². The average molecular weight is 288 g/mol. The van der Waals surface area contributed by atoms with E-state index in [1.807, 2.05) is 30.3 Å². The Balaban J connectivity index is 2.08. The van der Waals surface area contributed by atoms with Gasteiger partial charge in [0.25, 0.3) is 0 Å². The maximum Gasteiger partial charge on any atom is 0.188 e. The van der Waals surface area contributed by atoms with Crippen LogP contribution in [0.15, 0.2) is 53.0 Å². The minimum atomic E-state index is 0.525. The quantitative estimate of drug-likeness (QED) is 0.754. The molecular formula is C14H10BrNO. The molecule has 2 aromatic rings. The van der Waals surface area contributed by atoms with Crippen LogP contribution in [0.2, 0.25) is 0 Å². The van der Waals surface area contributed by atoms with Crippen LogP contribution >= 0.6 is 15.9 Å². The molecule has 0 unspecified atom stereocenters. The van der Waals surface area contributed by atoms with Crippen molar-refractivity contribution < 1.29 is 4.74 Å². The second kappa shape index (κ2) is 5.51. The first-order chi connectivity index (χ1) is 8.29. The van der Waals surface area contributed by atoms with E-state index in [0.29, 0.717) is 12.3 Å². The predicted octanol–water partition coefficient (Wildman–Crippen LogP) is 4.58. The van der Waals surface area contributed by atoms with Crippen LogP contribution in [0.4, 0.5) is 5.69 Å². The molecule has 0 aliphatic heterocycles. The Labute approximate surface area is 109 Å².